The van der Waals surface area contributed by atoms with Gasteiger partial charge in [-0.05, 0) is 18.8 Å². The van der Waals surface area contributed by atoms with Gasteiger partial charge in [0.2, 0.25) is 0 Å². The van der Waals surface area contributed by atoms with Crippen LogP contribution in [0.4, 0.5) is 5.82 Å². The van der Waals surface area contributed by atoms with E-state index in [2.05, 4.69) is 19.9 Å². The lowest BCUT2D eigenvalue weighted by Gasteiger charge is -2.37. The fourth-order valence-corrected chi connectivity index (χ4v) is 5.44. The fraction of sp³-hybridized carbons (Fsp3) is 0.611. The van der Waals surface area contributed by atoms with E-state index in [0.717, 1.165) is 62.6 Å². The van der Waals surface area contributed by atoms with Crippen LogP contribution in [-0.2, 0) is 16.9 Å². The van der Waals surface area contributed by atoms with Gasteiger partial charge in [0.05, 0.1) is 35.8 Å². The van der Waals surface area contributed by atoms with Crippen LogP contribution in [0.1, 0.15) is 12.8 Å². The van der Waals surface area contributed by atoms with Crippen molar-refractivity contribution in [3.8, 4) is 11.3 Å². The molecule has 9 heteroatoms. The van der Waals surface area contributed by atoms with E-state index in [1.807, 2.05) is 19.4 Å². The molecule has 0 unspecified atom stereocenters. The van der Waals surface area contributed by atoms with Gasteiger partial charge in [-0.25, -0.2) is 13.4 Å². The van der Waals surface area contributed by atoms with Crippen LogP contribution in [0.3, 0.4) is 0 Å². The van der Waals surface area contributed by atoms with E-state index in [1.165, 1.54) is 0 Å². The third-order valence-corrected chi connectivity index (χ3v) is 7.22. The van der Waals surface area contributed by atoms with Gasteiger partial charge in [-0.2, -0.15) is 5.10 Å². The number of aromatic nitrogens is 4. The van der Waals surface area contributed by atoms with Gasteiger partial charge in [0.25, 0.3) is 0 Å². The molecule has 146 valence electrons. The highest BCUT2D eigenvalue weighted by molar-refractivity contribution is 7.91. The van der Waals surface area contributed by atoms with E-state index >= 15 is 0 Å². The highest BCUT2D eigenvalue weighted by Crippen LogP contribution is 2.22. The Balaban J connectivity index is 1.33. The molecule has 2 aliphatic heterocycles. The molecule has 8 nitrogen and oxygen atoms in total. The summed E-state index contributed by atoms with van der Waals surface area (Å²) in [5, 5.41) is 4.20. The lowest BCUT2D eigenvalue weighted by atomic mass is 10.0. The van der Waals surface area contributed by atoms with Crippen LogP contribution in [0, 0.1) is 5.92 Å². The molecule has 0 aromatic carbocycles. The highest BCUT2D eigenvalue weighted by Gasteiger charge is 2.27. The van der Waals surface area contributed by atoms with E-state index in [-0.39, 0.29) is 0 Å². The summed E-state index contributed by atoms with van der Waals surface area (Å²) in [6.45, 7) is 4.78. The first kappa shape index (κ1) is 18.4. The average molecular weight is 391 g/mol. The summed E-state index contributed by atoms with van der Waals surface area (Å²) in [4.78, 5) is 13.8. The summed E-state index contributed by atoms with van der Waals surface area (Å²) >= 11 is 0. The number of piperazine rings is 1. The van der Waals surface area contributed by atoms with Gasteiger partial charge in [0, 0.05) is 51.5 Å². The Morgan fingerprint density at radius 3 is 2.48 bits per heavy atom. The van der Waals surface area contributed by atoms with Crippen molar-refractivity contribution in [1.82, 2.24) is 24.6 Å². The second-order valence-electron chi connectivity index (χ2n) is 7.55. The van der Waals surface area contributed by atoms with Crippen molar-refractivity contribution in [3.63, 3.8) is 0 Å². The van der Waals surface area contributed by atoms with Gasteiger partial charge >= 0.3 is 0 Å². The summed E-state index contributed by atoms with van der Waals surface area (Å²) < 4.78 is 24.9. The van der Waals surface area contributed by atoms with E-state index in [4.69, 9.17) is 4.98 Å². The van der Waals surface area contributed by atoms with E-state index in [9.17, 15) is 8.42 Å². The molecular weight excluding hydrogens is 364 g/mol. The molecule has 0 aliphatic carbocycles. The molecule has 2 fully saturated rings. The minimum Gasteiger partial charge on any atom is -0.353 e. The lowest BCUT2D eigenvalue weighted by Crippen LogP contribution is -2.48. The summed E-state index contributed by atoms with van der Waals surface area (Å²) in [5.41, 5.74) is 1.81. The molecule has 0 atom stereocenters. The highest BCUT2D eigenvalue weighted by atomic mass is 32.2. The van der Waals surface area contributed by atoms with Crippen LogP contribution in [0.25, 0.3) is 11.3 Å². The Labute approximate surface area is 160 Å². The zero-order chi connectivity index (χ0) is 18.9. The maximum absolute atomic E-state index is 11.6. The third-order valence-electron chi connectivity index (χ3n) is 5.51. The van der Waals surface area contributed by atoms with Crippen molar-refractivity contribution >= 4 is 15.7 Å². The Morgan fingerprint density at radius 2 is 1.81 bits per heavy atom. The number of sulfone groups is 1. The number of hydrogen-bond acceptors (Lipinski definition) is 7. The molecule has 0 spiro atoms. The number of nitrogens with zero attached hydrogens (tertiary/aromatic N) is 6. The smallest absolute Gasteiger partial charge is 0.150 e. The van der Waals surface area contributed by atoms with Crippen LogP contribution in [0.2, 0.25) is 0 Å². The van der Waals surface area contributed by atoms with Gasteiger partial charge in [-0.1, -0.05) is 0 Å². The van der Waals surface area contributed by atoms with Gasteiger partial charge in [-0.3, -0.25) is 14.6 Å². The monoisotopic (exact) mass is 390 g/mol. The maximum atomic E-state index is 11.6. The van der Waals surface area contributed by atoms with Crippen LogP contribution in [-0.4, -0.2) is 77.3 Å². The van der Waals surface area contributed by atoms with Crippen LogP contribution in [0.5, 0.6) is 0 Å². The topological polar surface area (TPSA) is 84.2 Å². The molecule has 0 saturated carbocycles. The number of anilines is 1. The summed E-state index contributed by atoms with van der Waals surface area (Å²) in [5.74, 6) is 2.12. The van der Waals surface area contributed by atoms with Gasteiger partial charge in [-0.15, -0.1) is 0 Å². The van der Waals surface area contributed by atoms with Crippen LogP contribution in [0.15, 0.2) is 24.8 Å². The molecule has 2 aliphatic rings. The first-order chi connectivity index (χ1) is 13.0. The first-order valence-corrected chi connectivity index (χ1v) is 11.3. The molecule has 4 heterocycles. The van der Waals surface area contributed by atoms with Crippen molar-refractivity contribution in [2.75, 3.05) is 49.1 Å². The molecule has 0 radical (unpaired) electrons. The standard InChI is InChI=1S/C18H26N6O2S/c1-22-14-16(10-20-22)17-11-19-12-18(21-17)24-6-4-23(5-7-24)13-15-2-8-27(25,26)9-3-15/h10-12,14-15H,2-9,13H2,1H3. The van der Waals surface area contributed by atoms with Crippen molar-refractivity contribution in [2.24, 2.45) is 13.0 Å². The maximum Gasteiger partial charge on any atom is 0.150 e. The Kier molecular flexibility index (Phi) is 5.14. The lowest BCUT2D eigenvalue weighted by molar-refractivity contribution is 0.211. The molecule has 2 saturated heterocycles. The second-order valence-corrected chi connectivity index (χ2v) is 9.85. The van der Waals surface area contributed by atoms with Crippen LogP contribution < -0.4 is 4.90 Å². The predicted octanol–water partition coefficient (Wildman–Crippen LogP) is 0.824. The van der Waals surface area contributed by atoms with Crippen LogP contribution >= 0.6 is 0 Å². The fourth-order valence-electron chi connectivity index (χ4n) is 3.85. The Hall–Kier alpha value is -2.00. The minimum absolute atomic E-state index is 0.356. The van der Waals surface area contributed by atoms with Crippen molar-refractivity contribution in [2.45, 2.75) is 12.8 Å². The number of aryl methyl sites for hydroxylation is 1. The van der Waals surface area contributed by atoms with Crippen molar-refractivity contribution < 1.29 is 8.42 Å². The molecule has 0 amide bonds. The molecule has 0 N–H and O–H groups in total. The molecular formula is C18H26N6O2S. The molecule has 27 heavy (non-hydrogen) atoms. The molecule has 4 rings (SSSR count). The number of rotatable bonds is 4. The Bertz CT molecular complexity index is 875. The third kappa shape index (κ3) is 4.47. The van der Waals surface area contributed by atoms with E-state index < -0.39 is 9.84 Å². The van der Waals surface area contributed by atoms with E-state index in [0.29, 0.717) is 17.4 Å². The average Bonchev–Trinajstić information content (AvgIpc) is 3.11. The zero-order valence-corrected chi connectivity index (χ0v) is 16.5. The summed E-state index contributed by atoms with van der Waals surface area (Å²) in [6, 6.07) is 0. The normalized spacial score (nSPS) is 21.4. The SMILES string of the molecule is Cn1cc(-c2cncc(N3CCN(CC4CCS(=O)(=O)CC4)CC3)n2)cn1. The first-order valence-electron chi connectivity index (χ1n) is 9.47. The van der Waals surface area contributed by atoms with Gasteiger partial charge in [0.1, 0.15) is 15.7 Å². The van der Waals surface area contributed by atoms with Gasteiger partial charge < -0.3 is 4.90 Å². The zero-order valence-electron chi connectivity index (χ0n) is 15.7. The molecule has 2 aromatic heterocycles. The largest absolute Gasteiger partial charge is 0.353 e. The predicted molar refractivity (Wildman–Crippen MR) is 104 cm³/mol. The minimum atomic E-state index is -2.77. The van der Waals surface area contributed by atoms with E-state index in [1.54, 1.807) is 17.1 Å². The quantitative estimate of drug-likeness (QED) is 0.764. The summed E-state index contributed by atoms with van der Waals surface area (Å²) in [6.07, 6.45) is 8.95. The second kappa shape index (κ2) is 7.55. The number of hydrogen-bond donors (Lipinski definition) is 0. The van der Waals surface area contributed by atoms with Gasteiger partial charge in [0.15, 0.2) is 0 Å². The van der Waals surface area contributed by atoms with Crippen molar-refractivity contribution in [1.29, 1.82) is 0 Å². The molecule has 0 bridgehead atoms. The summed E-state index contributed by atoms with van der Waals surface area (Å²) in [7, 11) is -0.884. The molecule has 2 aromatic rings. The Morgan fingerprint density at radius 1 is 1.07 bits per heavy atom. The van der Waals surface area contributed by atoms with Crippen molar-refractivity contribution in [3.05, 3.63) is 24.8 Å².